The molecule has 2 amide bonds. The molecule has 0 saturated carbocycles. The second-order valence-electron chi connectivity index (χ2n) is 5.86. The van der Waals surface area contributed by atoms with E-state index in [0.29, 0.717) is 11.0 Å². The maximum atomic E-state index is 12.3. The van der Waals surface area contributed by atoms with E-state index in [9.17, 15) is 9.59 Å². The quantitative estimate of drug-likeness (QED) is 0.669. The Labute approximate surface area is 149 Å². The number of carbonyl (C=O) groups is 2. The summed E-state index contributed by atoms with van der Waals surface area (Å²) < 4.78 is 0. The maximum absolute atomic E-state index is 12.3. The number of carbonyl (C=O) groups excluding carboxylic acids is 2. The third kappa shape index (κ3) is 3.29. The SMILES string of the molecule is CN(C)C(=O)c1cc(C(=O)N(C)C)nc(On2nnc3ccccc32)n1. The van der Waals surface area contributed by atoms with Crippen LogP contribution in [0.3, 0.4) is 0 Å². The van der Waals surface area contributed by atoms with Gasteiger partial charge >= 0.3 is 6.01 Å². The van der Waals surface area contributed by atoms with Crippen LogP contribution in [0.1, 0.15) is 21.0 Å². The number of hydrogen-bond donors (Lipinski definition) is 0. The Bertz CT molecular complexity index is 943. The molecule has 10 heteroatoms. The van der Waals surface area contributed by atoms with Crippen molar-refractivity contribution in [3.63, 3.8) is 0 Å². The van der Waals surface area contributed by atoms with Crippen molar-refractivity contribution in [1.82, 2.24) is 34.9 Å². The molecule has 0 saturated heterocycles. The predicted octanol–water partition coefficient (Wildman–Crippen LogP) is 0.467. The van der Waals surface area contributed by atoms with Gasteiger partial charge in [-0.25, -0.2) is 0 Å². The van der Waals surface area contributed by atoms with E-state index in [4.69, 9.17) is 4.84 Å². The minimum Gasteiger partial charge on any atom is -0.343 e. The highest BCUT2D eigenvalue weighted by molar-refractivity contribution is 5.97. The number of amides is 2. The zero-order valence-corrected chi connectivity index (χ0v) is 14.7. The van der Waals surface area contributed by atoms with Gasteiger partial charge in [0, 0.05) is 34.3 Å². The van der Waals surface area contributed by atoms with Crippen LogP contribution in [0.15, 0.2) is 30.3 Å². The van der Waals surface area contributed by atoms with Crippen LogP contribution in [0, 0.1) is 0 Å². The van der Waals surface area contributed by atoms with Crippen LogP contribution in [-0.4, -0.2) is 74.9 Å². The van der Waals surface area contributed by atoms with Gasteiger partial charge in [0.05, 0.1) is 0 Å². The Balaban J connectivity index is 2.05. The molecule has 26 heavy (non-hydrogen) atoms. The molecule has 2 aromatic heterocycles. The van der Waals surface area contributed by atoms with Gasteiger partial charge in [-0.2, -0.15) is 9.97 Å². The van der Waals surface area contributed by atoms with Crippen LogP contribution in [0.25, 0.3) is 11.0 Å². The standard InChI is InChI=1S/C16H17N7O3/c1-21(2)14(24)11-9-12(15(25)22(3)4)18-16(17-11)26-23-13-8-6-5-7-10(13)19-20-23/h5-9H,1-4H3. The van der Waals surface area contributed by atoms with Gasteiger partial charge in [0.15, 0.2) is 0 Å². The first-order chi connectivity index (χ1) is 12.4. The number of fused-ring (bicyclic) bond motifs is 1. The van der Waals surface area contributed by atoms with Gasteiger partial charge in [-0.3, -0.25) is 9.59 Å². The highest BCUT2D eigenvalue weighted by atomic mass is 16.7. The molecule has 0 spiro atoms. The molecule has 0 bridgehead atoms. The number of rotatable bonds is 4. The van der Waals surface area contributed by atoms with Crippen molar-refractivity contribution >= 4 is 22.8 Å². The molecule has 134 valence electrons. The highest BCUT2D eigenvalue weighted by Gasteiger charge is 2.20. The second-order valence-corrected chi connectivity index (χ2v) is 5.86. The molecule has 0 atom stereocenters. The topological polar surface area (TPSA) is 106 Å². The van der Waals surface area contributed by atoms with Crippen molar-refractivity contribution < 1.29 is 14.4 Å². The minimum atomic E-state index is -0.381. The fraction of sp³-hybridized carbons (Fsp3) is 0.250. The lowest BCUT2D eigenvalue weighted by molar-refractivity contribution is 0.0811. The highest BCUT2D eigenvalue weighted by Crippen LogP contribution is 2.14. The van der Waals surface area contributed by atoms with Crippen molar-refractivity contribution in [3.8, 4) is 6.01 Å². The Morgan fingerprint density at radius 2 is 1.54 bits per heavy atom. The van der Waals surface area contributed by atoms with E-state index >= 15 is 0 Å². The van der Waals surface area contributed by atoms with Crippen LogP contribution >= 0.6 is 0 Å². The van der Waals surface area contributed by atoms with Gasteiger partial charge < -0.3 is 14.6 Å². The Morgan fingerprint density at radius 3 is 2.12 bits per heavy atom. The molecule has 0 aliphatic carbocycles. The summed E-state index contributed by atoms with van der Waals surface area (Å²) in [6.45, 7) is 0. The van der Waals surface area contributed by atoms with E-state index in [1.807, 2.05) is 6.07 Å². The zero-order valence-electron chi connectivity index (χ0n) is 14.7. The Kier molecular flexibility index (Phi) is 4.48. The normalized spacial score (nSPS) is 10.6. The van der Waals surface area contributed by atoms with Gasteiger partial charge in [-0.1, -0.05) is 17.0 Å². The molecule has 0 aliphatic rings. The fourth-order valence-corrected chi connectivity index (χ4v) is 2.14. The van der Waals surface area contributed by atoms with E-state index in [0.717, 1.165) is 4.85 Å². The van der Waals surface area contributed by atoms with Crippen LogP contribution in [0.2, 0.25) is 0 Å². The smallest absolute Gasteiger partial charge is 0.343 e. The van der Waals surface area contributed by atoms with E-state index in [1.54, 1.807) is 46.4 Å². The summed E-state index contributed by atoms with van der Waals surface area (Å²) >= 11 is 0. The van der Waals surface area contributed by atoms with Gasteiger partial charge in [0.2, 0.25) is 0 Å². The van der Waals surface area contributed by atoms with Crippen LogP contribution in [-0.2, 0) is 0 Å². The summed E-state index contributed by atoms with van der Waals surface area (Å²) in [7, 11) is 6.35. The summed E-state index contributed by atoms with van der Waals surface area (Å²) in [5, 5.41) is 7.85. The number of aromatic nitrogens is 5. The van der Waals surface area contributed by atoms with Crippen molar-refractivity contribution in [1.29, 1.82) is 0 Å². The summed E-state index contributed by atoms with van der Waals surface area (Å²) in [4.78, 5) is 42.1. The third-order valence-electron chi connectivity index (χ3n) is 3.45. The predicted molar refractivity (Wildman–Crippen MR) is 91.6 cm³/mol. The molecule has 10 nitrogen and oxygen atoms in total. The number of para-hydroxylation sites is 1. The van der Waals surface area contributed by atoms with Crippen molar-refractivity contribution in [2.45, 2.75) is 0 Å². The summed E-state index contributed by atoms with van der Waals surface area (Å²) in [6.07, 6.45) is 0. The molecule has 0 fully saturated rings. The molecule has 0 unspecified atom stereocenters. The van der Waals surface area contributed by atoms with Gasteiger partial charge in [-0.05, 0) is 17.3 Å². The number of nitrogens with zero attached hydrogens (tertiary/aromatic N) is 7. The van der Waals surface area contributed by atoms with E-state index < -0.39 is 0 Å². The summed E-state index contributed by atoms with van der Waals surface area (Å²) in [5.41, 5.74) is 1.29. The molecule has 0 aliphatic heterocycles. The molecular formula is C16H17N7O3. The number of hydrogen-bond acceptors (Lipinski definition) is 7. The molecule has 3 aromatic rings. The third-order valence-corrected chi connectivity index (χ3v) is 3.45. The van der Waals surface area contributed by atoms with Crippen LogP contribution in [0.5, 0.6) is 6.01 Å². The molecule has 3 rings (SSSR count). The van der Waals surface area contributed by atoms with Gasteiger partial charge in [0.1, 0.15) is 22.4 Å². The first-order valence-corrected chi connectivity index (χ1v) is 7.68. The Hall–Kier alpha value is -3.56. The molecule has 0 radical (unpaired) electrons. The monoisotopic (exact) mass is 355 g/mol. The molecule has 1 aromatic carbocycles. The molecule has 2 heterocycles. The molecular weight excluding hydrogens is 338 g/mol. The maximum Gasteiger partial charge on any atom is 0.347 e. The van der Waals surface area contributed by atoms with E-state index in [1.165, 1.54) is 15.9 Å². The van der Waals surface area contributed by atoms with E-state index in [2.05, 4.69) is 20.3 Å². The number of benzene rings is 1. The second kappa shape index (κ2) is 6.75. The Morgan fingerprint density at radius 1 is 0.962 bits per heavy atom. The minimum absolute atomic E-state index is 0.0367. The lowest BCUT2D eigenvalue weighted by Gasteiger charge is -2.13. The van der Waals surface area contributed by atoms with Crippen LogP contribution < -0.4 is 4.84 Å². The average molecular weight is 355 g/mol. The first-order valence-electron chi connectivity index (χ1n) is 7.68. The van der Waals surface area contributed by atoms with Crippen LogP contribution in [0.4, 0.5) is 0 Å². The van der Waals surface area contributed by atoms with Gasteiger partial charge in [-0.15, -0.1) is 5.10 Å². The molecule has 0 N–H and O–H groups in total. The van der Waals surface area contributed by atoms with Crippen molar-refractivity contribution in [2.75, 3.05) is 28.2 Å². The fourth-order valence-electron chi connectivity index (χ4n) is 2.14. The lowest BCUT2D eigenvalue weighted by Crippen LogP contribution is -2.27. The largest absolute Gasteiger partial charge is 0.347 e. The average Bonchev–Trinajstić information content (AvgIpc) is 3.03. The summed E-state index contributed by atoms with van der Waals surface area (Å²) in [5.74, 6) is -0.762. The summed E-state index contributed by atoms with van der Waals surface area (Å²) in [6, 6.07) is 8.31. The van der Waals surface area contributed by atoms with Crippen molar-refractivity contribution in [3.05, 3.63) is 41.7 Å². The van der Waals surface area contributed by atoms with Gasteiger partial charge in [0.25, 0.3) is 11.8 Å². The van der Waals surface area contributed by atoms with E-state index in [-0.39, 0.29) is 29.2 Å². The lowest BCUT2D eigenvalue weighted by atomic mass is 10.3. The van der Waals surface area contributed by atoms with Crippen molar-refractivity contribution in [2.24, 2.45) is 0 Å². The zero-order chi connectivity index (χ0) is 18.8. The first kappa shape index (κ1) is 17.3.